The minimum Gasteiger partial charge on any atom is -0.452 e. The maximum Gasteiger partial charge on any atom is 0.418 e. The zero-order valence-electron chi connectivity index (χ0n) is 17.0. The second-order valence-corrected chi connectivity index (χ2v) is 9.09. The highest BCUT2D eigenvalue weighted by atomic mass is 32.2. The van der Waals surface area contributed by atoms with E-state index in [9.17, 15) is 36.0 Å². The number of sulfone groups is 1. The highest BCUT2D eigenvalue weighted by Crippen LogP contribution is 2.35. The molecule has 0 fully saturated rings. The molecule has 4 rings (SSSR count). The van der Waals surface area contributed by atoms with Crippen molar-refractivity contribution >= 4 is 33.2 Å². The average molecular weight is 489 g/mol. The number of ketones is 1. The summed E-state index contributed by atoms with van der Waals surface area (Å²) in [4.78, 5) is 36.5. The Balaban J connectivity index is 1.51. The number of halogens is 3. The van der Waals surface area contributed by atoms with Crippen LogP contribution in [0, 0.1) is 0 Å². The van der Waals surface area contributed by atoms with Crippen molar-refractivity contribution in [2.24, 2.45) is 0 Å². The van der Waals surface area contributed by atoms with Crippen molar-refractivity contribution < 1.29 is 40.7 Å². The molecule has 174 valence electrons. The number of fused-ring (bicyclic) bond motifs is 2. The molecule has 1 amide bonds. The Morgan fingerprint density at radius 1 is 0.882 bits per heavy atom. The number of carbonyl (C=O) groups is 3. The molecule has 0 radical (unpaired) electrons. The fourth-order valence-corrected chi connectivity index (χ4v) is 5.13. The molecule has 0 saturated carbocycles. The van der Waals surface area contributed by atoms with Crippen molar-refractivity contribution in [2.75, 3.05) is 11.9 Å². The quantitative estimate of drug-likeness (QED) is 0.436. The molecule has 0 atom stereocenters. The number of rotatable bonds is 4. The van der Waals surface area contributed by atoms with Crippen molar-refractivity contribution in [3.05, 3.63) is 89.0 Å². The molecule has 11 heteroatoms. The largest absolute Gasteiger partial charge is 0.452 e. The third kappa shape index (κ3) is 4.17. The molecule has 0 saturated heterocycles. The molecule has 0 unspecified atom stereocenters. The van der Waals surface area contributed by atoms with Crippen LogP contribution in [-0.4, -0.2) is 32.7 Å². The summed E-state index contributed by atoms with van der Waals surface area (Å²) in [6, 6.07) is 13.2. The first kappa shape index (κ1) is 23.2. The number of benzene rings is 3. The SMILES string of the molecule is O=C(COC(=O)c1ccc2c(c1)S(=O)(=O)c1ccccc1C2=O)Nc1ccccc1C(F)(F)F. The Hall–Kier alpha value is -3.99. The molecule has 1 aliphatic heterocycles. The molecule has 0 bridgehead atoms. The van der Waals surface area contributed by atoms with E-state index in [4.69, 9.17) is 4.74 Å². The zero-order chi connectivity index (χ0) is 24.7. The second kappa shape index (κ2) is 8.41. The molecular weight excluding hydrogens is 475 g/mol. The molecule has 3 aromatic rings. The molecule has 0 spiro atoms. The van der Waals surface area contributed by atoms with Gasteiger partial charge >= 0.3 is 12.1 Å². The number of nitrogens with one attached hydrogen (secondary N) is 1. The Kier molecular flexibility index (Phi) is 5.74. The maximum atomic E-state index is 13.0. The summed E-state index contributed by atoms with van der Waals surface area (Å²) in [7, 11) is -4.10. The lowest BCUT2D eigenvalue weighted by atomic mass is 10.0. The van der Waals surface area contributed by atoms with Crippen LogP contribution in [0.3, 0.4) is 0 Å². The van der Waals surface area contributed by atoms with E-state index < -0.39 is 51.5 Å². The molecule has 1 N–H and O–H groups in total. The van der Waals surface area contributed by atoms with Crippen LogP contribution in [-0.2, 0) is 25.5 Å². The number of anilines is 1. The van der Waals surface area contributed by atoms with Gasteiger partial charge in [-0.15, -0.1) is 0 Å². The van der Waals surface area contributed by atoms with E-state index in [0.717, 1.165) is 24.3 Å². The number of para-hydroxylation sites is 1. The molecule has 7 nitrogen and oxygen atoms in total. The summed E-state index contributed by atoms with van der Waals surface area (Å²) in [5.74, 6) is -2.65. The van der Waals surface area contributed by atoms with Gasteiger partial charge in [-0.3, -0.25) is 9.59 Å². The van der Waals surface area contributed by atoms with E-state index in [-0.39, 0.29) is 26.5 Å². The summed E-state index contributed by atoms with van der Waals surface area (Å²) in [5, 5.41) is 2.03. The number of alkyl halides is 3. The van der Waals surface area contributed by atoms with Crippen molar-refractivity contribution in [3.8, 4) is 0 Å². The van der Waals surface area contributed by atoms with E-state index in [1.54, 1.807) is 0 Å². The molecule has 3 aromatic carbocycles. The summed E-state index contributed by atoms with van der Waals surface area (Å²) >= 11 is 0. The first-order valence-corrected chi connectivity index (χ1v) is 11.1. The summed E-state index contributed by atoms with van der Waals surface area (Å²) in [6.45, 7) is -0.920. The van der Waals surface area contributed by atoms with Gasteiger partial charge in [0.25, 0.3) is 5.91 Å². The lowest BCUT2D eigenvalue weighted by Gasteiger charge is -2.19. The Morgan fingerprint density at radius 2 is 1.53 bits per heavy atom. The fourth-order valence-electron chi connectivity index (χ4n) is 3.45. The number of esters is 1. The predicted octanol–water partition coefficient (Wildman–Crippen LogP) is 3.88. The van der Waals surface area contributed by atoms with E-state index in [1.807, 2.05) is 5.32 Å². The topological polar surface area (TPSA) is 107 Å². The molecule has 1 heterocycles. The lowest BCUT2D eigenvalue weighted by molar-refractivity contribution is -0.137. The van der Waals surface area contributed by atoms with Gasteiger partial charge < -0.3 is 10.1 Å². The first-order chi connectivity index (χ1) is 16.0. The van der Waals surface area contributed by atoms with Gasteiger partial charge in [-0.2, -0.15) is 13.2 Å². The lowest BCUT2D eigenvalue weighted by Crippen LogP contribution is -2.23. The van der Waals surface area contributed by atoms with Crippen LogP contribution in [0.4, 0.5) is 18.9 Å². The number of ether oxygens (including phenoxy) is 1. The van der Waals surface area contributed by atoms with Crippen LogP contribution >= 0.6 is 0 Å². The van der Waals surface area contributed by atoms with Crippen molar-refractivity contribution in [1.29, 1.82) is 0 Å². The van der Waals surface area contributed by atoms with Gasteiger partial charge in [0.2, 0.25) is 9.84 Å². The van der Waals surface area contributed by atoms with Gasteiger partial charge in [0.1, 0.15) is 0 Å². The summed E-state index contributed by atoms with van der Waals surface area (Å²) < 4.78 is 69.8. The number of amides is 1. The van der Waals surface area contributed by atoms with Gasteiger partial charge in [-0.25, -0.2) is 13.2 Å². The highest BCUT2D eigenvalue weighted by Gasteiger charge is 2.35. The molecular formula is C23H14F3NO6S. The Labute approximate surface area is 191 Å². The number of hydrogen-bond acceptors (Lipinski definition) is 6. The van der Waals surface area contributed by atoms with Gasteiger partial charge in [0.05, 0.1) is 26.6 Å². The predicted molar refractivity (Wildman–Crippen MR) is 112 cm³/mol. The number of hydrogen-bond donors (Lipinski definition) is 1. The van der Waals surface area contributed by atoms with Crippen LogP contribution in [0.25, 0.3) is 0 Å². The van der Waals surface area contributed by atoms with Crippen molar-refractivity contribution in [2.45, 2.75) is 16.0 Å². The molecule has 0 aliphatic carbocycles. The zero-order valence-corrected chi connectivity index (χ0v) is 17.9. The van der Waals surface area contributed by atoms with Gasteiger partial charge in [0, 0.05) is 11.1 Å². The monoisotopic (exact) mass is 489 g/mol. The van der Waals surface area contributed by atoms with Crippen molar-refractivity contribution in [3.63, 3.8) is 0 Å². The standard InChI is InChI=1S/C23H14F3NO6S/c24-23(25,26)16-6-2-3-7-17(16)27-20(28)12-33-22(30)13-9-10-15-19(11-13)34(31,32)18-8-4-1-5-14(18)21(15)29/h1-11H,12H2,(H,27,28). The third-order valence-corrected chi connectivity index (χ3v) is 6.87. The highest BCUT2D eigenvalue weighted by molar-refractivity contribution is 7.91. The van der Waals surface area contributed by atoms with Crippen LogP contribution in [0.5, 0.6) is 0 Å². The van der Waals surface area contributed by atoms with E-state index >= 15 is 0 Å². The Morgan fingerprint density at radius 3 is 2.26 bits per heavy atom. The van der Waals surface area contributed by atoms with Crippen LogP contribution in [0.15, 0.2) is 76.5 Å². The van der Waals surface area contributed by atoms with Gasteiger partial charge in [0.15, 0.2) is 12.4 Å². The minimum atomic E-state index is -4.70. The van der Waals surface area contributed by atoms with Crippen LogP contribution < -0.4 is 5.32 Å². The van der Waals surface area contributed by atoms with Gasteiger partial charge in [-0.1, -0.05) is 24.3 Å². The van der Waals surface area contributed by atoms with E-state index in [0.29, 0.717) is 0 Å². The molecule has 34 heavy (non-hydrogen) atoms. The fraction of sp³-hybridized carbons (Fsp3) is 0.0870. The van der Waals surface area contributed by atoms with Gasteiger partial charge in [-0.05, 0) is 42.5 Å². The first-order valence-electron chi connectivity index (χ1n) is 9.66. The average Bonchev–Trinajstić information content (AvgIpc) is 2.80. The van der Waals surface area contributed by atoms with Crippen LogP contribution in [0.1, 0.15) is 31.8 Å². The smallest absolute Gasteiger partial charge is 0.418 e. The van der Waals surface area contributed by atoms with Crippen molar-refractivity contribution in [1.82, 2.24) is 0 Å². The van der Waals surface area contributed by atoms with Crippen LogP contribution in [0.2, 0.25) is 0 Å². The number of carbonyl (C=O) groups excluding carboxylic acids is 3. The molecule has 0 aromatic heterocycles. The Bertz CT molecular complexity index is 1450. The minimum absolute atomic E-state index is 0.0149. The second-order valence-electron chi connectivity index (χ2n) is 7.21. The molecule has 1 aliphatic rings. The normalized spacial score (nSPS) is 14.0. The third-order valence-electron chi connectivity index (χ3n) is 5.01. The maximum absolute atomic E-state index is 13.0. The van der Waals surface area contributed by atoms with E-state index in [1.165, 1.54) is 42.5 Å². The summed E-state index contributed by atoms with van der Waals surface area (Å²) in [5.41, 5.74) is -1.93. The summed E-state index contributed by atoms with van der Waals surface area (Å²) in [6.07, 6.45) is -4.70. The van der Waals surface area contributed by atoms with E-state index in [2.05, 4.69) is 0 Å².